The summed E-state index contributed by atoms with van der Waals surface area (Å²) in [5.74, 6) is 0. The fourth-order valence-electron chi connectivity index (χ4n) is 2.54. The highest BCUT2D eigenvalue weighted by Crippen LogP contribution is 2.26. The Labute approximate surface area is 153 Å². The van der Waals surface area contributed by atoms with Crippen molar-refractivity contribution in [3.05, 3.63) is 33.8 Å². The van der Waals surface area contributed by atoms with E-state index in [0.717, 1.165) is 73.0 Å². The van der Waals surface area contributed by atoms with Crippen LogP contribution in [0.2, 0.25) is 10.0 Å². The van der Waals surface area contributed by atoms with Crippen molar-refractivity contribution in [2.24, 2.45) is 0 Å². The molecule has 0 saturated carbocycles. The Balaban J connectivity index is 1.76. The molecule has 7 heteroatoms. The molecule has 1 aliphatic rings. The van der Waals surface area contributed by atoms with Crippen LogP contribution in [-0.4, -0.2) is 61.4 Å². The Morgan fingerprint density at radius 3 is 2.48 bits per heavy atom. The van der Waals surface area contributed by atoms with Crippen LogP contribution >= 0.6 is 35.4 Å². The number of thiocarbonyl (C=S) groups is 1. The van der Waals surface area contributed by atoms with Crippen LogP contribution < -0.4 is 5.32 Å². The van der Waals surface area contributed by atoms with Gasteiger partial charge in [-0.25, -0.2) is 0 Å². The summed E-state index contributed by atoms with van der Waals surface area (Å²) in [7, 11) is 1.71. The van der Waals surface area contributed by atoms with Crippen LogP contribution in [0.5, 0.6) is 0 Å². The van der Waals surface area contributed by atoms with Crippen LogP contribution in [-0.2, 0) is 11.3 Å². The first-order valence-corrected chi connectivity index (χ1v) is 8.95. The van der Waals surface area contributed by atoms with Gasteiger partial charge in [0.25, 0.3) is 0 Å². The van der Waals surface area contributed by atoms with Gasteiger partial charge in [0.2, 0.25) is 0 Å². The fourth-order valence-corrected chi connectivity index (χ4v) is 3.34. The van der Waals surface area contributed by atoms with Crippen LogP contribution in [0.1, 0.15) is 12.0 Å². The van der Waals surface area contributed by atoms with Crippen molar-refractivity contribution in [2.45, 2.75) is 13.0 Å². The van der Waals surface area contributed by atoms with E-state index in [-0.39, 0.29) is 0 Å². The number of hydrogen-bond donors (Lipinski definition) is 1. The first-order valence-electron chi connectivity index (χ1n) is 7.78. The minimum Gasteiger partial charge on any atom is -0.385 e. The lowest BCUT2D eigenvalue weighted by Gasteiger charge is -2.36. The zero-order valence-corrected chi connectivity index (χ0v) is 15.7. The standard InChI is InChI=1S/C16H23Cl2N3OS/c1-22-11-3-6-19-16(23)21-9-7-20(8-10-21)12-13-14(17)4-2-5-15(13)18/h2,4-5H,3,6-12H2,1H3,(H,19,23). The molecule has 1 saturated heterocycles. The van der Waals surface area contributed by atoms with E-state index in [1.165, 1.54) is 0 Å². The maximum absolute atomic E-state index is 6.25. The molecule has 0 spiro atoms. The number of piperazine rings is 1. The van der Waals surface area contributed by atoms with Gasteiger partial charge in [0, 0.05) is 68.6 Å². The van der Waals surface area contributed by atoms with Crippen LogP contribution in [0.3, 0.4) is 0 Å². The Kier molecular flexibility index (Phi) is 7.86. The molecule has 4 nitrogen and oxygen atoms in total. The summed E-state index contributed by atoms with van der Waals surface area (Å²) < 4.78 is 5.03. The molecule has 0 atom stereocenters. The maximum Gasteiger partial charge on any atom is 0.169 e. The summed E-state index contributed by atoms with van der Waals surface area (Å²) in [6.45, 7) is 6.10. The van der Waals surface area contributed by atoms with E-state index in [4.69, 9.17) is 40.2 Å². The van der Waals surface area contributed by atoms with Gasteiger partial charge in [-0.15, -0.1) is 0 Å². The summed E-state index contributed by atoms with van der Waals surface area (Å²) in [6.07, 6.45) is 0.960. The minimum atomic E-state index is 0.732. The zero-order valence-electron chi connectivity index (χ0n) is 13.4. The highest BCUT2D eigenvalue weighted by molar-refractivity contribution is 7.80. The molecule has 23 heavy (non-hydrogen) atoms. The summed E-state index contributed by atoms with van der Waals surface area (Å²) in [4.78, 5) is 4.57. The average molecular weight is 376 g/mol. The second kappa shape index (κ2) is 9.64. The van der Waals surface area contributed by atoms with Crippen LogP contribution in [0.15, 0.2) is 18.2 Å². The van der Waals surface area contributed by atoms with Crippen molar-refractivity contribution in [1.29, 1.82) is 0 Å². The van der Waals surface area contributed by atoms with Gasteiger partial charge in [-0.2, -0.15) is 0 Å². The number of nitrogens with zero attached hydrogens (tertiary/aromatic N) is 2. The minimum absolute atomic E-state index is 0.732. The van der Waals surface area contributed by atoms with E-state index in [9.17, 15) is 0 Å². The van der Waals surface area contributed by atoms with E-state index in [0.29, 0.717) is 0 Å². The zero-order chi connectivity index (χ0) is 16.7. The van der Waals surface area contributed by atoms with Crippen LogP contribution in [0.4, 0.5) is 0 Å². The van der Waals surface area contributed by atoms with Gasteiger partial charge in [0.1, 0.15) is 0 Å². The molecule has 1 fully saturated rings. The van der Waals surface area contributed by atoms with Gasteiger partial charge in [-0.3, -0.25) is 4.90 Å². The molecule has 2 rings (SSSR count). The molecule has 0 aromatic heterocycles. The quantitative estimate of drug-likeness (QED) is 0.609. The molecular weight excluding hydrogens is 353 g/mol. The van der Waals surface area contributed by atoms with Crippen molar-refractivity contribution in [1.82, 2.24) is 15.1 Å². The monoisotopic (exact) mass is 375 g/mol. The fraction of sp³-hybridized carbons (Fsp3) is 0.562. The maximum atomic E-state index is 6.25. The number of halogens is 2. The number of benzene rings is 1. The SMILES string of the molecule is COCCCNC(=S)N1CCN(Cc2c(Cl)cccc2Cl)CC1. The number of hydrogen-bond acceptors (Lipinski definition) is 3. The van der Waals surface area contributed by atoms with Gasteiger partial charge in [0.15, 0.2) is 5.11 Å². The summed E-state index contributed by atoms with van der Waals surface area (Å²) >= 11 is 17.9. The van der Waals surface area contributed by atoms with Crippen molar-refractivity contribution < 1.29 is 4.74 Å². The van der Waals surface area contributed by atoms with E-state index < -0.39 is 0 Å². The molecule has 0 radical (unpaired) electrons. The molecular formula is C16H23Cl2N3OS. The molecule has 0 aliphatic carbocycles. The second-order valence-corrected chi connectivity index (χ2v) is 6.74. The van der Waals surface area contributed by atoms with E-state index in [2.05, 4.69) is 15.1 Å². The molecule has 1 aromatic carbocycles. The number of methoxy groups -OCH3 is 1. The molecule has 0 amide bonds. The summed E-state index contributed by atoms with van der Waals surface area (Å²) in [5, 5.41) is 5.58. The molecule has 0 bridgehead atoms. The molecule has 1 aliphatic heterocycles. The lowest BCUT2D eigenvalue weighted by Crippen LogP contribution is -2.51. The second-order valence-electron chi connectivity index (χ2n) is 5.54. The first kappa shape index (κ1) is 18.7. The van der Waals surface area contributed by atoms with E-state index in [1.54, 1.807) is 7.11 Å². The van der Waals surface area contributed by atoms with Crippen molar-refractivity contribution >= 4 is 40.5 Å². The largest absolute Gasteiger partial charge is 0.385 e. The summed E-state index contributed by atoms with van der Waals surface area (Å²) in [6, 6.07) is 5.65. The van der Waals surface area contributed by atoms with Gasteiger partial charge >= 0.3 is 0 Å². The van der Waals surface area contributed by atoms with Crippen LogP contribution in [0.25, 0.3) is 0 Å². The Hall–Kier alpha value is -0.590. The molecule has 0 unspecified atom stereocenters. The van der Waals surface area contributed by atoms with Gasteiger partial charge in [-0.05, 0) is 30.8 Å². The van der Waals surface area contributed by atoms with E-state index in [1.807, 2.05) is 18.2 Å². The highest BCUT2D eigenvalue weighted by atomic mass is 35.5. The number of ether oxygens (including phenoxy) is 1. The van der Waals surface area contributed by atoms with Crippen molar-refractivity contribution in [2.75, 3.05) is 46.4 Å². The third kappa shape index (κ3) is 5.76. The topological polar surface area (TPSA) is 27.7 Å². The van der Waals surface area contributed by atoms with Gasteiger partial charge in [-0.1, -0.05) is 29.3 Å². The highest BCUT2D eigenvalue weighted by Gasteiger charge is 2.20. The average Bonchev–Trinajstić information content (AvgIpc) is 2.55. The van der Waals surface area contributed by atoms with Gasteiger partial charge < -0.3 is 15.0 Å². The summed E-state index contributed by atoms with van der Waals surface area (Å²) in [5.41, 5.74) is 1.00. The van der Waals surface area contributed by atoms with Crippen LogP contribution in [0, 0.1) is 0 Å². The number of rotatable bonds is 6. The number of nitrogens with one attached hydrogen (secondary N) is 1. The lowest BCUT2D eigenvalue weighted by molar-refractivity contribution is 0.173. The molecule has 1 aromatic rings. The van der Waals surface area contributed by atoms with Crippen molar-refractivity contribution in [3.8, 4) is 0 Å². The Morgan fingerprint density at radius 1 is 1.22 bits per heavy atom. The third-order valence-electron chi connectivity index (χ3n) is 3.90. The first-order chi connectivity index (χ1) is 11.1. The predicted octanol–water partition coefficient (Wildman–Crippen LogP) is 3.02. The molecule has 128 valence electrons. The van der Waals surface area contributed by atoms with Gasteiger partial charge in [0.05, 0.1) is 0 Å². The predicted molar refractivity (Wildman–Crippen MR) is 100 cm³/mol. The van der Waals surface area contributed by atoms with E-state index >= 15 is 0 Å². The molecule has 1 N–H and O–H groups in total. The molecule has 1 heterocycles. The Morgan fingerprint density at radius 2 is 1.87 bits per heavy atom. The normalized spacial score (nSPS) is 15.7. The Bertz CT molecular complexity index is 502. The third-order valence-corrected chi connectivity index (χ3v) is 5.02. The lowest BCUT2D eigenvalue weighted by atomic mass is 10.2. The van der Waals surface area contributed by atoms with Crippen molar-refractivity contribution in [3.63, 3.8) is 0 Å². The smallest absolute Gasteiger partial charge is 0.169 e.